The SMILES string of the molecule is CCCc1ccc(C(O)Cc2c(C)nn(C)c2C)cc1. The van der Waals surface area contributed by atoms with Gasteiger partial charge in [-0.3, -0.25) is 4.68 Å². The predicted molar refractivity (Wildman–Crippen MR) is 81.8 cm³/mol. The fourth-order valence-corrected chi connectivity index (χ4v) is 2.62. The summed E-state index contributed by atoms with van der Waals surface area (Å²) in [6.07, 6.45) is 2.40. The van der Waals surface area contributed by atoms with E-state index in [1.807, 2.05) is 37.7 Å². The van der Waals surface area contributed by atoms with Crippen LogP contribution in [0.4, 0.5) is 0 Å². The van der Waals surface area contributed by atoms with E-state index in [0.29, 0.717) is 6.42 Å². The maximum atomic E-state index is 10.4. The lowest BCUT2D eigenvalue weighted by Gasteiger charge is -2.12. The minimum absolute atomic E-state index is 0.465. The lowest BCUT2D eigenvalue weighted by molar-refractivity contribution is 0.178. The highest BCUT2D eigenvalue weighted by molar-refractivity contribution is 5.29. The van der Waals surface area contributed by atoms with Crippen molar-refractivity contribution in [2.24, 2.45) is 7.05 Å². The van der Waals surface area contributed by atoms with Gasteiger partial charge in [0.05, 0.1) is 11.8 Å². The van der Waals surface area contributed by atoms with E-state index in [0.717, 1.165) is 35.4 Å². The van der Waals surface area contributed by atoms with Crippen LogP contribution in [-0.2, 0) is 19.9 Å². The molecule has 20 heavy (non-hydrogen) atoms. The Morgan fingerprint density at radius 1 is 1.20 bits per heavy atom. The van der Waals surface area contributed by atoms with Crippen LogP contribution in [0.2, 0.25) is 0 Å². The largest absolute Gasteiger partial charge is 0.388 e. The third kappa shape index (κ3) is 3.10. The summed E-state index contributed by atoms with van der Waals surface area (Å²) in [6.45, 7) is 6.22. The molecule has 0 saturated carbocycles. The fraction of sp³-hybridized carbons (Fsp3) is 0.471. The molecule has 3 heteroatoms. The molecule has 0 spiro atoms. The Bertz CT molecular complexity index is 569. The summed E-state index contributed by atoms with van der Waals surface area (Å²) < 4.78 is 1.88. The minimum atomic E-state index is -0.465. The number of hydrogen-bond acceptors (Lipinski definition) is 2. The summed E-state index contributed by atoms with van der Waals surface area (Å²) >= 11 is 0. The maximum Gasteiger partial charge on any atom is 0.0831 e. The molecule has 1 unspecified atom stereocenters. The first kappa shape index (κ1) is 14.8. The van der Waals surface area contributed by atoms with E-state index < -0.39 is 6.10 Å². The Labute approximate surface area is 121 Å². The third-order valence-corrected chi connectivity index (χ3v) is 3.96. The Balaban J connectivity index is 2.13. The molecule has 1 aromatic carbocycles. The molecule has 1 N–H and O–H groups in total. The summed E-state index contributed by atoms with van der Waals surface area (Å²) in [5.74, 6) is 0. The summed E-state index contributed by atoms with van der Waals surface area (Å²) in [6, 6.07) is 8.31. The molecule has 3 nitrogen and oxygen atoms in total. The highest BCUT2D eigenvalue weighted by atomic mass is 16.3. The van der Waals surface area contributed by atoms with Crippen LogP contribution in [0.5, 0.6) is 0 Å². The number of benzene rings is 1. The normalized spacial score (nSPS) is 12.7. The van der Waals surface area contributed by atoms with Gasteiger partial charge in [0.25, 0.3) is 0 Å². The van der Waals surface area contributed by atoms with Crippen LogP contribution in [0.1, 0.15) is 47.5 Å². The van der Waals surface area contributed by atoms with Gasteiger partial charge in [-0.1, -0.05) is 37.6 Å². The van der Waals surface area contributed by atoms with E-state index in [-0.39, 0.29) is 0 Å². The minimum Gasteiger partial charge on any atom is -0.388 e. The Hall–Kier alpha value is -1.61. The third-order valence-electron chi connectivity index (χ3n) is 3.96. The predicted octanol–water partition coefficient (Wildman–Crippen LogP) is 3.27. The summed E-state index contributed by atoms with van der Waals surface area (Å²) in [5, 5.41) is 14.8. The van der Waals surface area contributed by atoms with Crippen molar-refractivity contribution < 1.29 is 5.11 Å². The van der Waals surface area contributed by atoms with Gasteiger partial charge in [-0.05, 0) is 37.0 Å². The molecular weight excluding hydrogens is 248 g/mol. The molecule has 0 fully saturated rings. The van der Waals surface area contributed by atoms with E-state index in [2.05, 4.69) is 24.2 Å². The average molecular weight is 272 g/mol. The molecule has 1 aromatic heterocycles. The van der Waals surface area contributed by atoms with Crippen LogP contribution in [0.25, 0.3) is 0 Å². The van der Waals surface area contributed by atoms with Crippen LogP contribution in [0.15, 0.2) is 24.3 Å². The lowest BCUT2D eigenvalue weighted by atomic mass is 9.98. The van der Waals surface area contributed by atoms with Crippen molar-refractivity contribution in [3.8, 4) is 0 Å². The van der Waals surface area contributed by atoms with E-state index in [4.69, 9.17) is 0 Å². The van der Waals surface area contributed by atoms with Crippen molar-refractivity contribution in [2.45, 2.75) is 46.1 Å². The number of aliphatic hydroxyl groups is 1. The van der Waals surface area contributed by atoms with Crippen LogP contribution in [0.3, 0.4) is 0 Å². The summed E-state index contributed by atoms with van der Waals surface area (Å²) in [5.41, 5.74) is 5.60. The van der Waals surface area contributed by atoms with Crippen LogP contribution >= 0.6 is 0 Å². The first-order valence-electron chi connectivity index (χ1n) is 7.29. The maximum absolute atomic E-state index is 10.4. The van der Waals surface area contributed by atoms with Crippen molar-refractivity contribution in [3.05, 3.63) is 52.3 Å². The molecule has 0 radical (unpaired) electrons. The van der Waals surface area contributed by atoms with Crippen molar-refractivity contribution in [1.82, 2.24) is 9.78 Å². The molecule has 1 atom stereocenters. The Morgan fingerprint density at radius 2 is 1.85 bits per heavy atom. The van der Waals surface area contributed by atoms with Gasteiger partial charge < -0.3 is 5.11 Å². The number of hydrogen-bond donors (Lipinski definition) is 1. The van der Waals surface area contributed by atoms with E-state index in [9.17, 15) is 5.11 Å². The first-order chi connectivity index (χ1) is 9.52. The van der Waals surface area contributed by atoms with Crippen LogP contribution in [-0.4, -0.2) is 14.9 Å². The molecule has 0 aliphatic rings. The molecule has 0 aliphatic heterocycles. The molecule has 1 heterocycles. The van der Waals surface area contributed by atoms with Gasteiger partial charge in [0, 0.05) is 19.2 Å². The molecular formula is C17H24N2O. The second kappa shape index (κ2) is 6.23. The first-order valence-corrected chi connectivity index (χ1v) is 7.29. The van der Waals surface area contributed by atoms with Crippen molar-refractivity contribution in [2.75, 3.05) is 0 Å². The van der Waals surface area contributed by atoms with E-state index in [1.54, 1.807) is 0 Å². The molecule has 0 amide bonds. The molecule has 0 bridgehead atoms. The van der Waals surface area contributed by atoms with Gasteiger partial charge in [0.1, 0.15) is 0 Å². The molecule has 0 aliphatic carbocycles. The smallest absolute Gasteiger partial charge is 0.0831 e. The molecule has 108 valence electrons. The fourth-order valence-electron chi connectivity index (χ4n) is 2.62. The molecule has 2 rings (SSSR count). The standard InChI is InChI=1S/C17H24N2O/c1-5-6-14-7-9-15(10-8-14)17(20)11-16-12(2)18-19(4)13(16)3/h7-10,17,20H,5-6,11H2,1-4H3. The topological polar surface area (TPSA) is 38.1 Å². The van der Waals surface area contributed by atoms with Gasteiger partial charge in [0.15, 0.2) is 0 Å². The van der Waals surface area contributed by atoms with Gasteiger partial charge in [-0.2, -0.15) is 5.10 Å². The van der Waals surface area contributed by atoms with Gasteiger partial charge >= 0.3 is 0 Å². The second-order valence-electron chi connectivity index (χ2n) is 5.48. The van der Waals surface area contributed by atoms with Crippen molar-refractivity contribution in [1.29, 1.82) is 0 Å². The zero-order valence-corrected chi connectivity index (χ0v) is 12.8. The van der Waals surface area contributed by atoms with Crippen LogP contribution < -0.4 is 0 Å². The monoisotopic (exact) mass is 272 g/mol. The van der Waals surface area contributed by atoms with E-state index >= 15 is 0 Å². The van der Waals surface area contributed by atoms with Crippen molar-refractivity contribution >= 4 is 0 Å². The zero-order valence-electron chi connectivity index (χ0n) is 12.8. The summed E-state index contributed by atoms with van der Waals surface area (Å²) in [4.78, 5) is 0. The lowest BCUT2D eigenvalue weighted by Crippen LogP contribution is -2.04. The number of aryl methyl sites for hydroxylation is 3. The Kier molecular flexibility index (Phi) is 4.61. The molecule has 0 saturated heterocycles. The van der Waals surface area contributed by atoms with Crippen molar-refractivity contribution in [3.63, 3.8) is 0 Å². The Morgan fingerprint density at radius 3 is 2.35 bits per heavy atom. The summed E-state index contributed by atoms with van der Waals surface area (Å²) in [7, 11) is 1.94. The van der Waals surface area contributed by atoms with Gasteiger partial charge in [0.2, 0.25) is 0 Å². The van der Waals surface area contributed by atoms with Crippen LogP contribution in [0, 0.1) is 13.8 Å². The highest BCUT2D eigenvalue weighted by Gasteiger charge is 2.15. The molecule has 2 aromatic rings. The second-order valence-corrected chi connectivity index (χ2v) is 5.48. The number of aliphatic hydroxyl groups excluding tert-OH is 1. The number of aromatic nitrogens is 2. The van der Waals surface area contributed by atoms with Gasteiger partial charge in [-0.15, -0.1) is 0 Å². The number of rotatable bonds is 5. The average Bonchev–Trinajstić information content (AvgIpc) is 2.66. The number of nitrogens with zero attached hydrogens (tertiary/aromatic N) is 2. The van der Waals surface area contributed by atoms with E-state index in [1.165, 1.54) is 5.56 Å². The van der Waals surface area contributed by atoms with Gasteiger partial charge in [-0.25, -0.2) is 0 Å². The zero-order chi connectivity index (χ0) is 14.7. The quantitative estimate of drug-likeness (QED) is 0.907. The highest BCUT2D eigenvalue weighted by Crippen LogP contribution is 2.23.